The van der Waals surface area contributed by atoms with Crippen molar-refractivity contribution in [2.45, 2.75) is 32.6 Å². The molecule has 0 spiro atoms. The molecule has 0 saturated heterocycles. The molecule has 7 heteroatoms. The van der Waals surface area contributed by atoms with Crippen molar-refractivity contribution in [2.24, 2.45) is 0 Å². The zero-order valence-corrected chi connectivity index (χ0v) is 16.8. The van der Waals surface area contributed by atoms with Crippen LogP contribution in [0.4, 0.5) is 23.3 Å². The first-order valence-electron chi connectivity index (χ1n) is 9.70. The summed E-state index contributed by atoms with van der Waals surface area (Å²) >= 11 is 0. The fourth-order valence-electron chi connectivity index (χ4n) is 3.20. The summed E-state index contributed by atoms with van der Waals surface area (Å²) in [6.45, 7) is 3.82. The largest absolute Gasteiger partial charge is 0.373 e. The van der Waals surface area contributed by atoms with E-state index in [1.165, 1.54) is 18.4 Å². The maximum absolute atomic E-state index is 12.9. The molecular weight excluding hydrogens is 364 g/mol. The zero-order chi connectivity index (χ0) is 20.4. The Morgan fingerprint density at radius 3 is 2.62 bits per heavy atom. The maximum Gasteiger partial charge on any atom is 0.257 e. The second-order valence-corrected chi connectivity index (χ2v) is 7.33. The number of carbonyl (C=O) groups excluding carboxylic acids is 1. The highest BCUT2D eigenvalue weighted by Gasteiger charge is 2.24. The van der Waals surface area contributed by atoms with E-state index in [0.717, 1.165) is 22.8 Å². The van der Waals surface area contributed by atoms with Crippen LogP contribution >= 0.6 is 0 Å². The van der Waals surface area contributed by atoms with Crippen molar-refractivity contribution in [3.05, 3.63) is 65.0 Å². The summed E-state index contributed by atoms with van der Waals surface area (Å²) in [7, 11) is 1.81. The number of nitrogens with zero attached hydrogens (tertiary/aromatic N) is 3. The average Bonchev–Trinajstić information content (AvgIpc) is 3.54. The predicted molar refractivity (Wildman–Crippen MR) is 115 cm³/mol. The topological polar surface area (TPSA) is 91.8 Å². The molecule has 2 heterocycles. The molecule has 3 aromatic rings. The van der Waals surface area contributed by atoms with Crippen molar-refractivity contribution < 1.29 is 4.79 Å². The Balaban J connectivity index is 1.54. The van der Waals surface area contributed by atoms with E-state index >= 15 is 0 Å². The Morgan fingerprint density at radius 2 is 1.86 bits per heavy atom. The van der Waals surface area contributed by atoms with E-state index in [1.54, 1.807) is 12.3 Å². The van der Waals surface area contributed by atoms with Gasteiger partial charge in [-0.15, -0.1) is 0 Å². The van der Waals surface area contributed by atoms with Gasteiger partial charge in [0, 0.05) is 36.3 Å². The number of pyridine rings is 1. The smallest absolute Gasteiger partial charge is 0.257 e. The molecule has 0 radical (unpaired) electrons. The van der Waals surface area contributed by atoms with Gasteiger partial charge in [0.15, 0.2) is 0 Å². The average molecular weight is 388 g/mol. The van der Waals surface area contributed by atoms with Crippen LogP contribution in [0.15, 0.2) is 42.6 Å². The lowest BCUT2D eigenvalue weighted by molar-refractivity contribution is 0.102. The van der Waals surface area contributed by atoms with Crippen molar-refractivity contribution in [1.29, 1.82) is 0 Å². The quantitative estimate of drug-likeness (QED) is 0.580. The molecule has 1 aromatic carbocycles. The van der Waals surface area contributed by atoms with Crippen molar-refractivity contribution in [3.63, 3.8) is 0 Å². The number of anilines is 4. The molecule has 0 aliphatic heterocycles. The molecule has 3 N–H and O–H groups in total. The number of aryl methyl sites for hydroxylation is 2. The molecule has 4 rings (SSSR count). The third kappa shape index (κ3) is 4.51. The molecule has 1 amide bonds. The normalized spacial score (nSPS) is 13.1. The van der Waals surface area contributed by atoms with Crippen molar-refractivity contribution >= 4 is 29.2 Å². The van der Waals surface area contributed by atoms with E-state index in [-0.39, 0.29) is 5.91 Å². The van der Waals surface area contributed by atoms with Crippen LogP contribution in [0.25, 0.3) is 0 Å². The summed E-state index contributed by atoms with van der Waals surface area (Å²) in [5.74, 6) is 2.21. The molecule has 1 fully saturated rings. The third-order valence-electron chi connectivity index (χ3n) is 4.92. The molecule has 29 heavy (non-hydrogen) atoms. The number of hydrogen-bond donors (Lipinski definition) is 3. The molecule has 0 bridgehead atoms. The van der Waals surface area contributed by atoms with Crippen LogP contribution in [-0.4, -0.2) is 27.9 Å². The predicted octanol–water partition coefficient (Wildman–Crippen LogP) is 4.40. The minimum atomic E-state index is -0.187. The third-order valence-corrected chi connectivity index (χ3v) is 4.92. The summed E-state index contributed by atoms with van der Waals surface area (Å²) in [4.78, 5) is 26.0. The summed E-state index contributed by atoms with van der Waals surface area (Å²) in [6.07, 6.45) is 4.17. The van der Waals surface area contributed by atoms with E-state index in [2.05, 4.69) is 30.9 Å². The Labute approximate surface area is 170 Å². The Hall–Kier alpha value is -3.48. The van der Waals surface area contributed by atoms with E-state index in [1.807, 2.05) is 51.2 Å². The molecular formula is C22H24N6O. The number of aromatic nitrogens is 3. The van der Waals surface area contributed by atoms with Crippen LogP contribution in [0.2, 0.25) is 0 Å². The summed E-state index contributed by atoms with van der Waals surface area (Å²) in [5.41, 5.74) is 4.29. The van der Waals surface area contributed by atoms with Crippen LogP contribution in [0.3, 0.4) is 0 Å². The van der Waals surface area contributed by atoms with E-state index < -0.39 is 0 Å². The number of carbonyl (C=O) groups is 1. The van der Waals surface area contributed by atoms with Crippen molar-refractivity contribution in [2.75, 3.05) is 23.0 Å². The van der Waals surface area contributed by atoms with Gasteiger partial charge in [0.1, 0.15) is 11.6 Å². The first-order chi connectivity index (χ1) is 14.0. The summed E-state index contributed by atoms with van der Waals surface area (Å²) in [6, 6.07) is 11.5. The lowest BCUT2D eigenvalue weighted by atomic mass is 10.1. The second-order valence-electron chi connectivity index (χ2n) is 7.33. The number of hydrogen-bond acceptors (Lipinski definition) is 6. The molecule has 7 nitrogen and oxygen atoms in total. The van der Waals surface area contributed by atoms with Crippen LogP contribution < -0.4 is 16.0 Å². The molecule has 2 aromatic heterocycles. The van der Waals surface area contributed by atoms with E-state index in [9.17, 15) is 4.79 Å². The first-order valence-corrected chi connectivity index (χ1v) is 9.70. The maximum atomic E-state index is 12.9. The fourth-order valence-corrected chi connectivity index (χ4v) is 3.20. The number of amides is 1. The van der Waals surface area contributed by atoms with Gasteiger partial charge in [-0.1, -0.05) is 6.07 Å². The fraction of sp³-hybridized carbons (Fsp3) is 0.273. The van der Waals surface area contributed by atoms with Gasteiger partial charge < -0.3 is 16.0 Å². The highest BCUT2D eigenvalue weighted by Crippen LogP contribution is 2.40. The first kappa shape index (κ1) is 18.9. The standard InChI is InChI=1S/C22H24N6O/c1-13-4-7-17(26-22-25-14(2)10-19(23-3)28-22)12-18(13)21(29)27-20-11-16(8-9-24-20)15-5-6-15/h4,7-12,15H,5-6H2,1-3H3,(H,24,27,29)(H2,23,25,26,28). The summed E-state index contributed by atoms with van der Waals surface area (Å²) in [5, 5.41) is 9.12. The molecule has 1 aliphatic rings. The molecule has 0 atom stereocenters. The van der Waals surface area contributed by atoms with Gasteiger partial charge in [-0.3, -0.25) is 4.79 Å². The van der Waals surface area contributed by atoms with E-state index in [4.69, 9.17) is 0 Å². The SMILES string of the molecule is CNc1cc(C)nc(Nc2ccc(C)c(C(=O)Nc3cc(C4CC4)ccn3)c2)n1. The Bertz CT molecular complexity index is 1060. The lowest BCUT2D eigenvalue weighted by Crippen LogP contribution is -2.15. The van der Waals surface area contributed by atoms with Gasteiger partial charge in [0.05, 0.1) is 0 Å². The number of benzene rings is 1. The van der Waals surface area contributed by atoms with Gasteiger partial charge in [0.2, 0.25) is 5.95 Å². The number of rotatable bonds is 6. The lowest BCUT2D eigenvalue weighted by Gasteiger charge is -2.12. The zero-order valence-electron chi connectivity index (χ0n) is 16.8. The van der Waals surface area contributed by atoms with Crippen LogP contribution in [0, 0.1) is 13.8 Å². The van der Waals surface area contributed by atoms with Gasteiger partial charge in [-0.25, -0.2) is 9.97 Å². The van der Waals surface area contributed by atoms with Crippen LogP contribution in [0.5, 0.6) is 0 Å². The van der Waals surface area contributed by atoms with Gasteiger partial charge in [-0.2, -0.15) is 4.98 Å². The molecule has 1 saturated carbocycles. The number of nitrogens with one attached hydrogen (secondary N) is 3. The molecule has 1 aliphatic carbocycles. The summed E-state index contributed by atoms with van der Waals surface area (Å²) < 4.78 is 0. The minimum Gasteiger partial charge on any atom is -0.373 e. The van der Waals surface area contributed by atoms with E-state index in [0.29, 0.717) is 23.2 Å². The van der Waals surface area contributed by atoms with Crippen LogP contribution in [-0.2, 0) is 0 Å². The van der Waals surface area contributed by atoms with Crippen molar-refractivity contribution in [3.8, 4) is 0 Å². The Morgan fingerprint density at radius 1 is 1.03 bits per heavy atom. The Kier molecular flexibility index (Phi) is 5.12. The molecule has 148 valence electrons. The van der Waals surface area contributed by atoms with Crippen molar-refractivity contribution in [1.82, 2.24) is 15.0 Å². The van der Waals surface area contributed by atoms with Gasteiger partial charge >= 0.3 is 0 Å². The second kappa shape index (κ2) is 7.87. The highest BCUT2D eigenvalue weighted by atomic mass is 16.1. The monoisotopic (exact) mass is 388 g/mol. The van der Waals surface area contributed by atoms with Gasteiger partial charge in [0.25, 0.3) is 5.91 Å². The molecule has 0 unspecified atom stereocenters. The van der Waals surface area contributed by atoms with Crippen LogP contribution in [0.1, 0.15) is 45.9 Å². The van der Waals surface area contributed by atoms with Gasteiger partial charge in [-0.05, 0) is 68.0 Å². The minimum absolute atomic E-state index is 0.187. The highest BCUT2D eigenvalue weighted by molar-refractivity contribution is 6.05.